The van der Waals surface area contributed by atoms with Crippen LogP contribution in [0.15, 0.2) is 76.7 Å². The van der Waals surface area contributed by atoms with Gasteiger partial charge in [0.15, 0.2) is 0 Å². The Morgan fingerprint density at radius 1 is 1.00 bits per heavy atom. The lowest BCUT2D eigenvalue weighted by molar-refractivity contribution is -0.137. The van der Waals surface area contributed by atoms with Crippen LogP contribution in [0.25, 0.3) is 17.4 Å². The van der Waals surface area contributed by atoms with Gasteiger partial charge in [0.2, 0.25) is 0 Å². The number of rotatable bonds is 7. The Hall–Kier alpha value is -4.11. The van der Waals surface area contributed by atoms with E-state index in [2.05, 4.69) is 0 Å². The number of ether oxygens (including phenoxy) is 2. The molecule has 0 amide bonds. The van der Waals surface area contributed by atoms with Crippen LogP contribution in [-0.2, 0) is 20.9 Å². The predicted octanol–water partition coefficient (Wildman–Crippen LogP) is 4.77. The van der Waals surface area contributed by atoms with Gasteiger partial charge in [-0.05, 0) is 36.8 Å². The molecule has 6 nitrogen and oxygen atoms in total. The quantitative estimate of drug-likeness (QED) is 0.322. The van der Waals surface area contributed by atoms with Gasteiger partial charge in [0.05, 0.1) is 12.2 Å². The van der Waals surface area contributed by atoms with Gasteiger partial charge >= 0.3 is 11.9 Å². The van der Waals surface area contributed by atoms with E-state index in [1.54, 1.807) is 49.4 Å². The Kier molecular flexibility index (Phi) is 6.80. The highest BCUT2D eigenvalue weighted by atomic mass is 16.5. The molecule has 0 fully saturated rings. The highest BCUT2D eigenvalue weighted by Gasteiger charge is 2.13. The monoisotopic (exact) mass is 401 g/mol. The van der Waals surface area contributed by atoms with E-state index >= 15 is 0 Å². The number of esters is 2. The van der Waals surface area contributed by atoms with Crippen molar-refractivity contribution in [2.75, 3.05) is 6.61 Å². The molecule has 6 heteroatoms. The fourth-order valence-electron chi connectivity index (χ4n) is 2.65. The summed E-state index contributed by atoms with van der Waals surface area (Å²) >= 11 is 0. The summed E-state index contributed by atoms with van der Waals surface area (Å²) in [5, 5.41) is 9.10. The molecular formula is C24H19NO5. The molecule has 1 aromatic heterocycles. The Morgan fingerprint density at radius 3 is 2.40 bits per heavy atom. The van der Waals surface area contributed by atoms with Crippen LogP contribution in [0.2, 0.25) is 0 Å². The van der Waals surface area contributed by atoms with Crippen LogP contribution in [0, 0.1) is 11.3 Å². The van der Waals surface area contributed by atoms with Crippen molar-refractivity contribution in [1.29, 1.82) is 5.26 Å². The van der Waals surface area contributed by atoms with Crippen LogP contribution in [0.1, 0.15) is 28.6 Å². The zero-order chi connectivity index (χ0) is 21.3. The van der Waals surface area contributed by atoms with Gasteiger partial charge in [-0.1, -0.05) is 42.5 Å². The maximum Gasteiger partial charge on any atom is 0.349 e. The van der Waals surface area contributed by atoms with Gasteiger partial charge in [0, 0.05) is 11.6 Å². The van der Waals surface area contributed by atoms with Crippen LogP contribution in [0.4, 0.5) is 0 Å². The number of benzene rings is 2. The smallest absolute Gasteiger partial charge is 0.349 e. The summed E-state index contributed by atoms with van der Waals surface area (Å²) < 4.78 is 15.8. The normalized spacial score (nSPS) is 10.9. The van der Waals surface area contributed by atoms with E-state index in [0.717, 1.165) is 11.1 Å². The second kappa shape index (κ2) is 9.89. The van der Waals surface area contributed by atoms with Crippen molar-refractivity contribution in [3.8, 4) is 17.4 Å². The second-order valence-electron chi connectivity index (χ2n) is 6.23. The molecule has 3 aromatic rings. The maximum absolute atomic E-state index is 12.2. The van der Waals surface area contributed by atoms with Gasteiger partial charge in [-0.15, -0.1) is 0 Å². The molecule has 0 bridgehead atoms. The molecule has 0 saturated heterocycles. The third-order valence-electron chi connectivity index (χ3n) is 4.15. The lowest BCUT2D eigenvalue weighted by Gasteiger charge is -2.05. The fraction of sp³-hybridized carbons (Fsp3) is 0.125. The minimum atomic E-state index is -0.698. The topological polar surface area (TPSA) is 89.5 Å². The summed E-state index contributed by atoms with van der Waals surface area (Å²) in [6.45, 7) is 2.05. The minimum absolute atomic E-state index is 0.144. The van der Waals surface area contributed by atoms with Crippen LogP contribution in [0.5, 0.6) is 0 Å². The van der Waals surface area contributed by atoms with Crippen molar-refractivity contribution >= 4 is 18.0 Å². The lowest BCUT2D eigenvalue weighted by Crippen LogP contribution is -2.05. The van der Waals surface area contributed by atoms with Crippen LogP contribution >= 0.6 is 0 Å². The Labute approximate surface area is 174 Å². The molecule has 0 aliphatic heterocycles. The molecule has 0 atom stereocenters. The first kappa shape index (κ1) is 20.6. The molecule has 0 aliphatic carbocycles. The highest BCUT2D eigenvalue weighted by molar-refractivity contribution is 5.97. The predicted molar refractivity (Wildman–Crippen MR) is 110 cm³/mol. The first-order chi connectivity index (χ1) is 14.6. The number of carbonyl (C=O) groups excluding carboxylic acids is 2. The van der Waals surface area contributed by atoms with Gasteiger partial charge in [-0.25, -0.2) is 9.59 Å². The number of nitriles is 1. The van der Waals surface area contributed by atoms with Crippen molar-refractivity contribution in [1.82, 2.24) is 0 Å². The van der Waals surface area contributed by atoms with Crippen LogP contribution in [0.3, 0.4) is 0 Å². The maximum atomic E-state index is 12.2. The van der Waals surface area contributed by atoms with E-state index in [1.807, 2.05) is 30.3 Å². The van der Waals surface area contributed by atoms with Crippen LogP contribution < -0.4 is 0 Å². The summed E-state index contributed by atoms with van der Waals surface area (Å²) in [5.74, 6) is -0.231. The molecule has 0 N–H and O–H groups in total. The van der Waals surface area contributed by atoms with Gasteiger partial charge in [-0.2, -0.15) is 5.26 Å². The first-order valence-corrected chi connectivity index (χ1v) is 9.31. The number of hydrogen-bond donors (Lipinski definition) is 0. The van der Waals surface area contributed by atoms with Gasteiger partial charge in [0.25, 0.3) is 0 Å². The SMILES string of the molecule is CCOC(=O)C(C#N)=Cc1ccc(-c2ccc(C(=O)OCc3ccccc3)cc2)o1. The largest absolute Gasteiger partial charge is 0.462 e. The summed E-state index contributed by atoms with van der Waals surface area (Å²) in [4.78, 5) is 23.9. The number of furan rings is 1. The summed E-state index contributed by atoms with van der Waals surface area (Å²) in [6, 6.07) is 21.4. The van der Waals surface area contributed by atoms with Crippen LogP contribution in [-0.4, -0.2) is 18.5 Å². The molecule has 3 rings (SSSR count). The van der Waals surface area contributed by atoms with E-state index in [9.17, 15) is 9.59 Å². The Morgan fingerprint density at radius 2 is 1.73 bits per heavy atom. The summed E-state index contributed by atoms with van der Waals surface area (Å²) in [6.07, 6.45) is 1.33. The average molecular weight is 401 g/mol. The molecular weight excluding hydrogens is 382 g/mol. The van der Waals surface area contributed by atoms with E-state index in [4.69, 9.17) is 19.2 Å². The van der Waals surface area contributed by atoms with E-state index in [1.165, 1.54) is 6.08 Å². The number of hydrogen-bond acceptors (Lipinski definition) is 6. The van der Waals surface area contributed by atoms with Gasteiger partial charge < -0.3 is 13.9 Å². The molecule has 0 unspecified atom stereocenters. The third kappa shape index (κ3) is 5.24. The van der Waals surface area contributed by atoms with Crippen molar-refractivity contribution in [2.24, 2.45) is 0 Å². The molecule has 1 heterocycles. The Balaban J connectivity index is 1.67. The highest BCUT2D eigenvalue weighted by Crippen LogP contribution is 2.24. The van der Waals surface area contributed by atoms with Crippen molar-refractivity contribution in [3.63, 3.8) is 0 Å². The van der Waals surface area contributed by atoms with E-state index in [-0.39, 0.29) is 18.8 Å². The van der Waals surface area contributed by atoms with E-state index < -0.39 is 11.9 Å². The first-order valence-electron chi connectivity index (χ1n) is 9.31. The molecule has 150 valence electrons. The van der Waals surface area contributed by atoms with Gasteiger partial charge in [-0.3, -0.25) is 0 Å². The second-order valence-corrected chi connectivity index (χ2v) is 6.23. The zero-order valence-electron chi connectivity index (χ0n) is 16.3. The summed E-state index contributed by atoms with van der Waals surface area (Å²) in [7, 11) is 0. The lowest BCUT2D eigenvalue weighted by atomic mass is 10.1. The average Bonchev–Trinajstić information content (AvgIpc) is 3.25. The zero-order valence-corrected chi connectivity index (χ0v) is 16.3. The molecule has 0 spiro atoms. The fourth-order valence-corrected chi connectivity index (χ4v) is 2.65. The Bertz CT molecular complexity index is 1090. The standard InChI is InChI=1S/C24H19NO5/c1-2-28-24(27)20(15-25)14-21-12-13-22(30-21)18-8-10-19(11-9-18)23(26)29-16-17-6-4-3-5-7-17/h3-14H,2,16H2,1H3. The number of nitrogens with zero attached hydrogens (tertiary/aromatic N) is 1. The summed E-state index contributed by atoms with van der Waals surface area (Å²) in [5.41, 5.74) is 1.94. The van der Waals surface area contributed by atoms with E-state index in [0.29, 0.717) is 17.1 Å². The molecule has 0 aliphatic rings. The molecule has 2 aromatic carbocycles. The van der Waals surface area contributed by atoms with Crippen molar-refractivity contribution in [3.05, 3.63) is 89.2 Å². The third-order valence-corrected chi connectivity index (χ3v) is 4.15. The number of carbonyl (C=O) groups is 2. The molecule has 0 saturated carbocycles. The van der Waals surface area contributed by atoms with Crippen molar-refractivity contribution < 1.29 is 23.5 Å². The molecule has 0 radical (unpaired) electrons. The van der Waals surface area contributed by atoms with Gasteiger partial charge in [0.1, 0.15) is 29.8 Å². The molecule has 30 heavy (non-hydrogen) atoms. The minimum Gasteiger partial charge on any atom is -0.462 e. The van der Waals surface area contributed by atoms with Crippen molar-refractivity contribution in [2.45, 2.75) is 13.5 Å².